The van der Waals surface area contributed by atoms with Gasteiger partial charge in [-0.2, -0.15) is 0 Å². The number of hydrogen-bond acceptors (Lipinski definition) is 15. The highest BCUT2D eigenvalue weighted by Crippen LogP contribution is 2.45. The van der Waals surface area contributed by atoms with Crippen LogP contribution in [0.4, 0.5) is 0 Å². The summed E-state index contributed by atoms with van der Waals surface area (Å²) in [5, 5.41) is 10.5. The van der Waals surface area contributed by atoms with E-state index in [1.807, 2.05) is 0 Å². The van der Waals surface area contributed by atoms with Gasteiger partial charge in [-0.1, -0.05) is 253 Å². The van der Waals surface area contributed by atoms with Crippen LogP contribution in [0.5, 0.6) is 0 Å². The van der Waals surface area contributed by atoms with E-state index >= 15 is 0 Å². The minimum Gasteiger partial charge on any atom is -0.462 e. The van der Waals surface area contributed by atoms with Crippen molar-refractivity contribution in [2.45, 2.75) is 323 Å². The van der Waals surface area contributed by atoms with Gasteiger partial charge in [0.25, 0.3) is 0 Å². The van der Waals surface area contributed by atoms with Crippen LogP contribution < -0.4 is 0 Å². The summed E-state index contributed by atoms with van der Waals surface area (Å²) in [6.45, 7) is 7.10. The number of phosphoric acid groups is 2. The molecule has 3 N–H and O–H groups in total. The molecular weight excluding hydrogens is 1070 g/mol. The molecule has 0 aromatic carbocycles. The second-order valence-electron chi connectivity index (χ2n) is 22.6. The largest absolute Gasteiger partial charge is 0.472 e. The number of rotatable bonds is 61. The molecule has 80 heavy (non-hydrogen) atoms. The Morgan fingerprint density at radius 1 is 0.338 bits per heavy atom. The second-order valence-corrected chi connectivity index (χ2v) is 25.5. The number of esters is 4. The van der Waals surface area contributed by atoms with Crippen molar-refractivity contribution >= 4 is 39.5 Å². The Labute approximate surface area is 486 Å². The molecule has 0 aliphatic carbocycles. The summed E-state index contributed by atoms with van der Waals surface area (Å²) in [7, 11) is -9.88. The molecule has 0 aliphatic heterocycles. The van der Waals surface area contributed by atoms with Gasteiger partial charge in [0.15, 0.2) is 12.2 Å². The standard InChI is InChI=1S/C61H118O17P2/c1-6-9-12-15-18-21-24-30-35-40-45-59(64)72-51-57(78-61(66)47-42-37-32-27-26-28-33-38-43-54(4)5)53-76-80(69,70)74-49-55(62)48-73-79(67,68)75-52-56(50-71-58(63)44-39-34-29-23-20-17-14-11-8-3)77-60(65)46-41-36-31-25-22-19-16-13-10-7-2/h54-57,62H,6-53H2,1-5H3,(H,67,68)(H,69,70)/t55-,56+,57+/m0/s1. The van der Waals surface area contributed by atoms with Gasteiger partial charge in [-0.05, 0) is 31.6 Å². The highest BCUT2D eigenvalue weighted by Gasteiger charge is 2.30. The van der Waals surface area contributed by atoms with Gasteiger partial charge in [-0.25, -0.2) is 9.13 Å². The lowest BCUT2D eigenvalue weighted by Gasteiger charge is -2.21. The van der Waals surface area contributed by atoms with Crippen LogP contribution in [-0.2, 0) is 65.4 Å². The van der Waals surface area contributed by atoms with Crippen LogP contribution in [-0.4, -0.2) is 96.7 Å². The zero-order valence-corrected chi connectivity index (χ0v) is 53.0. The average molecular weight is 1190 g/mol. The van der Waals surface area contributed by atoms with Crippen LogP contribution in [0.3, 0.4) is 0 Å². The minimum absolute atomic E-state index is 0.105. The maximum atomic E-state index is 12.9. The molecule has 0 fully saturated rings. The van der Waals surface area contributed by atoms with Crippen molar-refractivity contribution < 1.29 is 80.2 Å². The lowest BCUT2D eigenvalue weighted by atomic mass is 10.0. The van der Waals surface area contributed by atoms with E-state index in [1.165, 1.54) is 128 Å². The third kappa shape index (κ3) is 55.3. The Morgan fingerprint density at radius 3 is 0.850 bits per heavy atom. The molecule has 0 saturated heterocycles. The first-order valence-corrected chi connectivity index (χ1v) is 35.1. The van der Waals surface area contributed by atoms with Gasteiger partial charge >= 0.3 is 39.5 Å². The van der Waals surface area contributed by atoms with Crippen molar-refractivity contribution in [2.75, 3.05) is 39.6 Å². The summed E-state index contributed by atoms with van der Waals surface area (Å²) in [6, 6.07) is 0. The molecule has 0 radical (unpaired) electrons. The van der Waals surface area contributed by atoms with Gasteiger partial charge in [0, 0.05) is 25.7 Å². The molecule has 474 valence electrons. The molecule has 0 spiro atoms. The van der Waals surface area contributed by atoms with Crippen LogP contribution in [0.1, 0.15) is 304 Å². The van der Waals surface area contributed by atoms with Gasteiger partial charge in [-0.15, -0.1) is 0 Å². The highest BCUT2D eigenvalue weighted by atomic mass is 31.2. The second kappa shape index (κ2) is 55.0. The van der Waals surface area contributed by atoms with E-state index < -0.39 is 97.5 Å². The van der Waals surface area contributed by atoms with Crippen LogP contribution in [0.25, 0.3) is 0 Å². The number of hydrogen-bond donors (Lipinski definition) is 3. The fourth-order valence-corrected chi connectivity index (χ4v) is 10.6. The lowest BCUT2D eigenvalue weighted by Crippen LogP contribution is -2.30. The van der Waals surface area contributed by atoms with Crippen molar-refractivity contribution in [1.82, 2.24) is 0 Å². The molecule has 0 heterocycles. The molecule has 19 heteroatoms. The molecule has 0 rings (SSSR count). The molecule has 0 aromatic rings. The number of ether oxygens (including phenoxy) is 4. The Bertz CT molecular complexity index is 1570. The topological polar surface area (TPSA) is 237 Å². The summed E-state index contributed by atoms with van der Waals surface area (Å²) >= 11 is 0. The van der Waals surface area contributed by atoms with Gasteiger partial charge in [0.1, 0.15) is 19.3 Å². The molecule has 5 atom stereocenters. The molecule has 2 unspecified atom stereocenters. The minimum atomic E-state index is -4.94. The maximum absolute atomic E-state index is 12.9. The van der Waals surface area contributed by atoms with E-state index in [9.17, 15) is 43.2 Å². The Kier molecular flexibility index (Phi) is 53.6. The number of phosphoric ester groups is 2. The predicted molar refractivity (Wildman–Crippen MR) is 317 cm³/mol. The fraction of sp³-hybridized carbons (Fsp3) is 0.934. The zero-order chi connectivity index (χ0) is 59.2. The normalized spacial score (nSPS) is 14.3. The van der Waals surface area contributed by atoms with Gasteiger partial charge in [-0.3, -0.25) is 37.3 Å². The van der Waals surface area contributed by atoms with Crippen LogP contribution >= 0.6 is 15.6 Å². The summed E-state index contributed by atoms with van der Waals surface area (Å²) < 4.78 is 67.8. The Balaban J connectivity index is 5.23. The number of carbonyl (C=O) groups excluding carboxylic acids is 4. The third-order valence-electron chi connectivity index (χ3n) is 14.0. The molecule has 0 saturated carbocycles. The van der Waals surface area contributed by atoms with Crippen molar-refractivity contribution in [3.8, 4) is 0 Å². The third-order valence-corrected chi connectivity index (χ3v) is 15.9. The van der Waals surface area contributed by atoms with Crippen molar-refractivity contribution in [3.63, 3.8) is 0 Å². The van der Waals surface area contributed by atoms with E-state index in [0.717, 1.165) is 95.8 Å². The molecular formula is C61H118O17P2. The van der Waals surface area contributed by atoms with Crippen LogP contribution in [0, 0.1) is 5.92 Å². The smallest absolute Gasteiger partial charge is 0.462 e. The van der Waals surface area contributed by atoms with Crippen LogP contribution in [0.2, 0.25) is 0 Å². The SMILES string of the molecule is CCCCCCCCCCCCC(=O)OC[C@H](COP(=O)(O)OC[C@@H](O)COP(=O)(O)OC[C@@H](COC(=O)CCCCCCCCCCC)OC(=O)CCCCCCCCCCCC)OC(=O)CCCCCCCCCCC(C)C. The van der Waals surface area contributed by atoms with E-state index in [1.54, 1.807) is 0 Å². The first-order chi connectivity index (χ1) is 38.5. The van der Waals surface area contributed by atoms with Gasteiger partial charge in [0.05, 0.1) is 26.4 Å². The number of carbonyl (C=O) groups is 4. The van der Waals surface area contributed by atoms with Crippen molar-refractivity contribution in [1.29, 1.82) is 0 Å². The predicted octanol–water partition coefficient (Wildman–Crippen LogP) is 16.6. The number of aliphatic hydroxyl groups is 1. The lowest BCUT2D eigenvalue weighted by molar-refractivity contribution is -0.161. The average Bonchev–Trinajstić information content (AvgIpc) is 3.42. The molecule has 0 aromatic heterocycles. The van der Waals surface area contributed by atoms with E-state index in [4.69, 9.17) is 37.0 Å². The first kappa shape index (κ1) is 78.1. The van der Waals surface area contributed by atoms with Gasteiger partial charge < -0.3 is 33.8 Å². The molecule has 17 nitrogen and oxygen atoms in total. The quantitative estimate of drug-likeness (QED) is 0.0222. The fourth-order valence-electron chi connectivity index (χ4n) is 9.05. The Hall–Kier alpha value is -1.94. The summed E-state index contributed by atoms with van der Waals surface area (Å²) in [4.78, 5) is 72.0. The highest BCUT2D eigenvalue weighted by molar-refractivity contribution is 7.47. The zero-order valence-electron chi connectivity index (χ0n) is 51.2. The first-order valence-electron chi connectivity index (χ1n) is 32.1. The monoisotopic (exact) mass is 1180 g/mol. The summed E-state index contributed by atoms with van der Waals surface area (Å²) in [5.74, 6) is -1.42. The molecule has 0 aliphatic rings. The Morgan fingerprint density at radius 2 is 0.575 bits per heavy atom. The number of aliphatic hydroxyl groups excluding tert-OH is 1. The van der Waals surface area contributed by atoms with E-state index in [-0.39, 0.29) is 25.7 Å². The summed E-state index contributed by atoms with van der Waals surface area (Å²) in [6.07, 6.45) is 37.5. The molecule has 0 bridgehead atoms. The van der Waals surface area contributed by atoms with E-state index in [0.29, 0.717) is 25.7 Å². The van der Waals surface area contributed by atoms with Gasteiger partial charge in [0.2, 0.25) is 0 Å². The number of unbranched alkanes of at least 4 members (excludes halogenated alkanes) is 33. The maximum Gasteiger partial charge on any atom is 0.472 e. The van der Waals surface area contributed by atoms with E-state index in [2.05, 4.69) is 34.6 Å². The molecule has 0 amide bonds. The van der Waals surface area contributed by atoms with Crippen LogP contribution in [0.15, 0.2) is 0 Å². The van der Waals surface area contributed by atoms with Crippen molar-refractivity contribution in [3.05, 3.63) is 0 Å². The summed E-state index contributed by atoms with van der Waals surface area (Å²) in [5.41, 5.74) is 0. The van der Waals surface area contributed by atoms with Crippen molar-refractivity contribution in [2.24, 2.45) is 5.92 Å².